The Bertz CT molecular complexity index is 689. The Kier molecular flexibility index (Phi) is 4.38. The van der Waals surface area contributed by atoms with Crippen LogP contribution in [0.1, 0.15) is 50.5 Å². The van der Waals surface area contributed by atoms with E-state index in [1.807, 2.05) is 18.2 Å². The van der Waals surface area contributed by atoms with Crippen molar-refractivity contribution in [2.45, 2.75) is 50.7 Å². The highest BCUT2D eigenvalue weighted by atomic mass is 16.5. The van der Waals surface area contributed by atoms with Gasteiger partial charge in [0.05, 0.1) is 19.3 Å². The van der Waals surface area contributed by atoms with Crippen molar-refractivity contribution in [3.05, 3.63) is 24.1 Å². The predicted octanol–water partition coefficient (Wildman–Crippen LogP) is 3.49. The van der Waals surface area contributed by atoms with Gasteiger partial charge in [-0.15, -0.1) is 0 Å². The second kappa shape index (κ2) is 6.81. The fraction of sp³-hybridized carbons (Fsp3) is 0.556. The molecule has 6 heteroatoms. The number of rotatable bonds is 5. The second-order valence-electron chi connectivity index (χ2n) is 6.50. The molecular formula is C18H23N3O3. The molecule has 1 aromatic carbocycles. The number of nitrogens with zero attached hydrogens (tertiary/aromatic N) is 2. The quantitative estimate of drug-likeness (QED) is 0.905. The minimum atomic E-state index is 0.179. The summed E-state index contributed by atoms with van der Waals surface area (Å²) >= 11 is 0. The average Bonchev–Trinajstić information content (AvgIpc) is 3.35. The van der Waals surface area contributed by atoms with Gasteiger partial charge in [0.25, 0.3) is 0 Å². The molecule has 1 aliphatic carbocycles. The van der Waals surface area contributed by atoms with E-state index in [-0.39, 0.29) is 12.1 Å². The van der Waals surface area contributed by atoms with Crippen LogP contribution in [-0.2, 0) is 0 Å². The predicted molar refractivity (Wildman–Crippen MR) is 89.1 cm³/mol. The monoisotopic (exact) mass is 329 g/mol. The van der Waals surface area contributed by atoms with Crippen LogP contribution in [0.5, 0.6) is 11.5 Å². The van der Waals surface area contributed by atoms with Gasteiger partial charge < -0.3 is 19.3 Å². The summed E-state index contributed by atoms with van der Waals surface area (Å²) in [4.78, 5) is 4.55. The Labute approximate surface area is 141 Å². The van der Waals surface area contributed by atoms with Crippen LogP contribution in [0.4, 0.5) is 0 Å². The van der Waals surface area contributed by atoms with Gasteiger partial charge in [-0.05, 0) is 63.3 Å². The number of ether oxygens (including phenoxy) is 2. The van der Waals surface area contributed by atoms with Crippen molar-refractivity contribution in [3.63, 3.8) is 0 Å². The SMILES string of the molecule is COc1ccc(-c2noc(C3CCCN3)n2)cc1OC1CCCC1. The molecule has 1 aromatic heterocycles. The molecule has 0 radical (unpaired) electrons. The molecule has 1 saturated heterocycles. The number of hydrogen-bond donors (Lipinski definition) is 1. The summed E-state index contributed by atoms with van der Waals surface area (Å²) in [6.45, 7) is 1.00. The molecule has 0 bridgehead atoms. The topological polar surface area (TPSA) is 69.4 Å². The zero-order valence-electron chi connectivity index (χ0n) is 14.0. The third-order valence-corrected chi connectivity index (χ3v) is 4.82. The van der Waals surface area contributed by atoms with E-state index >= 15 is 0 Å². The lowest BCUT2D eigenvalue weighted by molar-refractivity contribution is 0.201. The molecule has 1 N–H and O–H groups in total. The average molecular weight is 329 g/mol. The number of hydrogen-bond acceptors (Lipinski definition) is 6. The number of benzene rings is 1. The van der Waals surface area contributed by atoms with Gasteiger partial charge in [0.15, 0.2) is 11.5 Å². The van der Waals surface area contributed by atoms with Gasteiger partial charge in [0.1, 0.15) is 0 Å². The van der Waals surface area contributed by atoms with Crippen molar-refractivity contribution in [1.29, 1.82) is 0 Å². The summed E-state index contributed by atoms with van der Waals surface area (Å²) < 4.78 is 17.0. The Morgan fingerprint density at radius 1 is 1.12 bits per heavy atom. The highest BCUT2D eigenvalue weighted by molar-refractivity contribution is 5.60. The molecule has 128 valence electrons. The minimum absolute atomic E-state index is 0.179. The zero-order valence-corrected chi connectivity index (χ0v) is 14.0. The van der Waals surface area contributed by atoms with E-state index in [1.54, 1.807) is 7.11 Å². The maximum absolute atomic E-state index is 6.14. The summed E-state index contributed by atoms with van der Waals surface area (Å²) in [7, 11) is 1.66. The highest BCUT2D eigenvalue weighted by Crippen LogP contribution is 2.35. The van der Waals surface area contributed by atoms with Gasteiger partial charge in [-0.25, -0.2) is 0 Å². The molecule has 1 saturated carbocycles. The summed E-state index contributed by atoms with van der Waals surface area (Å²) in [5.41, 5.74) is 0.886. The van der Waals surface area contributed by atoms with Crippen molar-refractivity contribution < 1.29 is 14.0 Å². The second-order valence-corrected chi connectivity index (χ2v) is 6.50. The molecule has 6 nitrogen and oxygen atoms in total. The van der Waals surface area contributed by atoms with Crippen LogP contribution >= 0.6 is 0 Å². The van der Waals surface area contributed by atoms with Crippen molar-refractivity contribution in [3.8, 4) is 22.9 Å². The van der Waals surface area contributed by atoms with E-state index < -0.39 is 0 Å². The van der Waals surface area contributed by atoms with E-state index in [0.717, 1.165) is 49.3 Å². The Morgan fingerprint density at radius 2 is 2.00 bits per heavy atom. The van der Waals surface area contributed by atoms with Crippen molar-refractivity contribution in [2.24, 2.45) is 0 Å². The standard InChI is InChI=1S/C18H23N3O3/c1-22-15-9-8-12(11-16(15)23-13-5-2-3-6-13)17-20-18(24-21-17)14-7-4-10-19-14/h8-9,11,13-14,19H,2-7,10H2,1H3. The van der Waals surface area contributed by atoms with Crippen LogP contribution in [0.3, 0.4) is 0 Å². The summed E-state index contributed by atoms with van der Waals surface area (Å²) in [5.74, 6) is 2.76. The van der Waals surface area contributed by atoms with Gasteiger partial charge >= 0.3 is 0 Å². The largest absolute Gasteiger partial charge is 0.493 e. The smallest absolute Gasteiger partial charge is 0.244 e. The van der Waals surface area contributed by atoms with Gasteiger partial charge in [0, 0.05) is 5.56 Å². The first-order chi connectivity index (χ1) is 11.8. The van der Waals surface area contributed by atoms with E-state index in [4.69, 9.17) is 14.0 Å². The van der Waals surface area contributed by atoms with Crippen LogP contribution in [0.2, 0.25) is 0 Å². The van der Waals surface area contributed by atoms with Crippen LogP contribution < -0.4 is 14.8 Å². The minimum Gasteiger partial charge on any atom is -0.493 e. The molecule has 1 unspecified atom stereocenters. The van der Waals surface area contributed by atoms with Crippen molar-refractivity contribution >= 4 is 0 Å². The molecule has 2 aromatic rings. The van der Waals surface area contributed by atoms with Gasteiger partial charge in [0.2, 0.25) is 11.7 Å². The number of methoxy groups -OCH3 is 1. The first-order valence-electron chi connectivity index (χ1n) is 8.75. The molecule has 24 heavy (non-hydrogen) atoms. The molecule has 0 spiro atoms. The number of aromatic nitrogens is 2. The van der Waals surface area contributed by atoms with Gasteiger partial charge in [-0.1, -0.05) is 5.16 Å². The number of nitrogens with one attached hydrogen (secondary N) is 1. The first kappa shape index (κ1) is 15.4. The van der Waals surface area contributed by atoms with E-state index in [2.05, 4.69) is 15.5 Å². The summed E-state index contributed by atoms with van der Waals surface area (Å²) in [6.07, 6.45) is 7.13. The summed E-state index contributed by atoms with van der Waals surface area (Å²) in [6, 6.07) is 5.98. The molecular weight excluding hydrogens is 306 g/mol. The fourth-order valence-corrected chi connectivity index (χ4v) is 3.48. The molecule has 2 aliphatic rings. The lowest BCUT2D eigenvalue weighted by Crippen LogP contribution is -2.13. The third-order valence-electron chi connectivity index (χ3n) is 4.82. The van der Waals surface area contributed by atoms with Crippen LogP contribution in [0, 0.1) is 0 Å². The molecule has 4 rings (SSSR count). The molecule has 0 amide bonds. The van der Waals surface area contributed by atoms with Crippen molar-refractivity contribution in [1.82, 2.24) is 15.5 Å². The van der Waals surface area contributed by atoms with E-state index in [9.17, 15) is 0 Å². The van der Waals surface area contributed by atoms with Crippen LogP contribution in [-0.4, -0.2) is 29.9 Å². The first-order valence-corrected chi connectivity index (χ1v) is 8.75. The van der Waals surface area contributed by atoms with Gasteiger partial charge in [-0.2, -0.15) is 4.98 Å². The zero-order chi connectivity index (χ0) is 16.4. The third kappa shape index (κ3) is 3.11. The molecule has 1 aliphatic heterocycles. The van der Waals surface area contributed by atoms with Crippen LogP contribution in [0.15, 0.2) is 22.7 Å². The van der Waals surface area contributed by atoms with Crippen LogP contribution in [0.25, 0.3) is 11.4 Å². The van der Waals surface area contributed by atoms with Crippen molar-refractivity contribution in [2.75, 3.05) is 13.7 Å². The normalized spacial score (nSPS) is 21.3. The highest BCUT2D eigenvalue weighted by Gasteiger charge is 2.23. The lowest BCUT2D eigenvalue weighted by Gasteiger charge is -2.16. The molecule has 1 atom stereocenters. The lowest BCUT2D eigenvalue weighted by atomic mass is 10.2. The Balaban J connectivity index is 1.58. The maximum atomic E-state index is 6.14. The van der Waals surface area contributed by atoms with E-state index in [0.29, 0.717) is 11.7 Å². The molecule has 2 heterocycles. The Hall–Kier alpha value is -2.08. The van der Waals surface area contributed by atoms with E-state index in [1.165, 1.54) is 12.8 Å². The molecule has 2 fully saturated rings. The summed E-state index contributed by atoms with van der Waals surface area (Å²) in [5, 5.41) is 7.51. The maximum Gasteiger partial charge on any atom is 0.244 e. The van der Waals surface area contributed by atoms with Gasteiger partial charge in [-0.3, -0.25) is 0 Å². The fourth-order valence-electron chi connectivity index (χ4n) is 3.48. The Morgan fingerprint density at radius 3 is 2.75 bits per heavy atom.